The third-order valence-electron chi connectivity index (χ3n) is 3.70. The molecule has 0 aromatic carbocycles. The molecule has 0 saturated carbocycles. The van der Waals surface area contributed by atoms with Crippen molar-refractivity contribution in [2.24, 2.45) is 5.92 Å². The summed E-state index contributed by atoms with van der Waals surface area (Å²) in [4.78, 5) is 20.0. The van der Waals surface area contributed by atoms with Crippen LogP contribution in [0.15, 0.2) is 12.4 Å². The Labute approximate surface area is 105 Å². The maximum absolute atomic E-state index is 12.3. The SMILES string of the molecule is N#Cc1ncc(C(=O)C2CC3CCC(C2)O3)cn1. The van der Waals surface area contributed by atoms with E-state index in [0.717, 1.165) is 25.7 Å². The number of rotatable bonds is 2. The summed E-state index contributed by atoms with van der Waals surface area (Å²) < 4.78 is 5.72. The topological polar surface area (TPSA) is 75.9 Å². The summed E-state index contributed by atoms with van der Waals surface area (Å²) in [5.74, 6) is 0.200. The second-order valence-electron chi connectivity index (χ2n) is 4.90. The second-order valence-corrected chi connectivity index (χ2v) is 4.90. The van der Waals surface area contributed by atoms with Gasteiger partial charge in [0.05, 0.1) is 17.8 Å². The molecule has 2 atom stereocenters. The number of ether oxygens (including phenoxy) is 1. The van der Waals surface area contributed by atoms with Crippen LogP contribution in [0.3, 0.4) is 0 Å². The smallest absolute Gasteiger partial charge is 0.232 e. The van der Waals surface area contributed by atoms with Gasteiger partial charge in [-0.3, -0.25) is 4.79 Å². The number of hydrogen-bond acceptors (Lipinski definition) is 5. The number of carbonyl (C=O) groups is 1. The van der Waals surface area contributed by atoms with Crippen LogP contribution >= 0.6 is 0 Å². The van der Waals surface area contributed by atoms with Gasteiger partial charge < -0.3 is 4.74 Å². The second kappa shape index (κ2) is 4.46. The Morgan fingerprint density at radius 1 is 1.28 bits per heavy atom. The number of aromatic nitrogens is 2. The molecule has 3 heterocycles. The molecule has 0 aliphatic carbocycles. The first kappa shape index (κ1) is 11.3. The summed E-state index contributed by atoms with van der Waals surface area (Å²) in [5, 5.41) is 8.62. The van der Waals surface area contributed by atoms with Crippen LogP contribution in [0.2, 0.25) is 0 Å². The summed E-state index contributed by atoms with van der Waals surface area (Å²) in [6.07, 6.45) is 7.13. The van der Waals surface area contributed by atoms with Gasteiger partial charge in [0.15, 0.2) is 5.78 Å². The first-order valence-electron chi connectivity index (χ1n) is 6.18. The number of hydrogen-bond donors (Lipinski definition) is 0. The molecular weight excluding hydrogens is 230 g/mol. The molecule has 0 spiro atoms. The summed E-state index contributed by atoms with van der Waals surface area (Å²) in [7, 11) is 0. The van der Waals surface area contributed by atoms with Gasteiger partial charge in [-0.15, -0.1) is 0 Å². The van der Waals surface area contributed by atoms with Crippen molar-refractivity contribution in [1.29, 1.82) is 5.26 Å². The molecule has 1 aromatic heterocycles. The van der Waals surface area contributed by atoms with Gasteiger partial charge in [-0.2, -0.15) is 5.26 Å². The molecule has 2 saturated heterocycles. The van der Waals surface area contributed by atoms with Crippen molar-refractivity contribution in [3.63, 3.8) is 0 Å². The predicted octanol–water partition coefficient (Wildman–Crippen LogP) is 1.49. The van der Waals surface area contributed by atoms with Crippen LogP contribution in [0.4, 0.5) is 0 Å². The standard InChI is InChI=1S/C13H13N3O2/c14-5-12-15-6-9(7-16-12)13(17)8-3-10-1-2-11(4-8)18-10/h6-8,10-11H,1-4H2. The molecule has 0 amide bonds. The Morgan fingerprint density at radius 3 is 2.44 bits per heavy atom. The van der Waals surface area contributed by atoms with Crippen LogP contribution in [-0.4, -0.2) is 28.0 Å². The highest BCUT2D eigenvalue weighted by Crippen LogP contribution is 2.37. The van der Waals surface area contributed by atoms with Gasteiger partial charge in [0.1, 0.15) is 6.07 Å². The number of ketones is 1. The van der Waals surface area contributed by atoms with E-state index in [0.29, 0.717) is 5.56 Å². The van der Waals surface area contributed by atoms with Crippen LogP contribution in [0.25, 0.3) is 0 Å². The van der Waals surface area contributed by atoms with Crippen molar-refractivity contribution in [2.75, 3.05) is 0 Å². The number of carbonyl (C=O) groups excluding carboxylic acids is 1. The highest BCUT2D eigenvalue weighted by Gasteiger charge is 2.38. The number of Topliss-reactive ketones (excluding diaryl/α,β-unsaturated/α-hetero) is 1. The molecule has 2 aliphatic rings. The Kier molecular flexibility index (Phi) is 2.80. The predicted molar refractivity (Wildman–Crippen MR) is 61.7 cm³/mol. The van der Waals surface area contributed by atoms with E-state index in [1.807, 2.05) is 6.07 Å². The van der Waals surface area contributed by atoms with E-state index in [9.17, 15) is 4.79 Å². The van der Waals surface area contributed by atoms with E-state index in [4.69, 9.17) is 10.00 Å². The molecule has 0 radical (unpaired) electrons. The fourth-order valence-electron chi connectivity index (χ4n) is 2.82. The largest absolute Gasteiger partial charge is 0.375 e. The van der Waals surface area contributed by atoms with Crippen molar-refractivity contribution in [3.8, 4) is 6.07 Å². The maximum atomic E-state index is 12.3. The van der Waals surface area contributed by atoms with Crippen molar-refractivity contribution in [2.45, 2.75) is 37.9 Å². The third kappa shape index (κ3) is 2.00. The lowest BCUT2D eigenvalue weighted by molar-refractivity contribution is -0.0149. The quantitative estimate of drug-likeness (QED) is 0.735. The zero-order chi connectivity index (χ0) is 12.5. The molecule has 0 N–H and O–H groups in total. The summed E-state index contributed by atoms with van der Waals surface area (Å²) >= 11 is 0. The molecule has 18 heavy (non-hydrogen) atoms. The molecule has 5 heteroatoms. The minimum atomic E-state index is 0.0211. The van der Waals surface area contributed by atoms with Crippen LogP contribution in [-0.2, 0) is 4.74 Å². The maximum Gasteiger partial charge on any atom is 0.232 e. The third-order valence-corrected chi connectivity index (χ3v) is 3.70. The molecule has 3 rings (SSSR count). The molecule has 5 nitrogen and oxygen atoms in total. The van der Waals surface area contributed by atoms with Crippen LogP contribution < -0.4 is 0 Å². The lowest BCUT2D eigenvalue weighted by Crippen LogP contribution is -2.30. The van der Waals surface area contributed by atoms with Gasteiger partial charge in [0, 0.05) is 18.3 Å². The minimum absolute atomic E-state index is 0.0211. The van der Waals surface area contributed by atoms with Crippen molar-refractivity contribution in [1.82, 2.24) is 9.97 Å². The van der Waals surface area contributed by atoms with E-state index < -0.39 is 0 Å². The molecule has 2 unspecified atom stereocenters. The highest BCUT2D eigenvalue weighted by molar-refractivity contribution is 5.97. The van der Waals surface area contributed by atoms with Crippen molar-refractivity contribution in [3.05, 3.63) is 23.8 Å². The van der Waals surface area contributed by atoms with Crippen LogP contribution in [0, 0.1) is 17.2 Å². The molecule has 2 aliphatic heterocycles. The number of fused-ring (bicyclic) bond motifs is 2. The van der Waals surface area contributed by atoms with E-state index in [1.54, 1.807) is 0 Å². The first-order chi connectivity index (χ1) is 8.76. The lowest BCUT2D eigenvalue weighted by Gasteiger charge is -2.27. The van der Waals surface area contributed by atoms with Gasteiger partial charge in [-0.25, -0.2) is 9.97 Å². The summed E-state index contributed by atoms with van der Waals surface area (Å²) in [5.41, 5.74) is 0.500. The van der Waals surface area contributed by atoms with Crippen molar-refractivity contribution < 1.29 is 9.53 Å². The highest BCUT2D eigenvalue weighted by atomic mass is 16.5. The molecule has 2 fully saturated rings. The van der Waals surface area contributed by atoms with Gasteiger partial charge in [-0.05, 0) is 25.7 Å². The van der Waals surface area contributed by atoms with E-state index in [1.165, 1.54) is 12.4 Å². The Bertz CT molecular complexity index is 494. The average Bonchev–Trinajstić information content (AvgIpc) is 2.77. The molecule has 2 bridgehead atoms. The van der Waals surface area contributed by atoms with Crippen LogP contribution in [0.1, 0.15) is 41.9 Å². The van der Waals surface area contributed by atoms with E-state index >= 15 is 0 Å². The molecule has 1 aromatic rings. The molecular formula is C13H13N3O2. The fraction of sp³-hybridized carbons (Fsp3) is 0.538. The van der Waals surface area contributed by atoms with Crippen molar-refractivity contribution >= 4 is 5.78 Å². The minimum Gasteiger partial charge on any atom is -0.375 e. The van der Waals surface area contributed by atoms with Gasteiger partial charge in [0.2, 0.25) is 5.82 Å². The van der Waals surface area contributed by atoms with E-state index in [2.05, 4.69) is 9.97 Å². The number of nitrogens with zero attached hydrogens (tertiary/aromatic N) is 3. The zero-order valence-corrected chi connectivity index (χ0v) is 9.87. The Balaban J connectivity index is 1.76. The summed E-state index contributed by atoms with van der Waals surface area (Å²) in [6, 6.07) is 1.84. The Hall–Kier alpha value is -1.80. The Morgan fingerprint density at radius 2 is 1.89 bits per heavy atom. The normalized spacial score (nSPS) is 29.8. The lowest BCUT2D eigenvalue weighted by atomic mass is 9.89. The van der Waals surface area contributed by atoms with Gasteiger partial charge in [0.25, 0.3) is 0 Å². The summed E-state index contributed by atoms with van der Waals surface area (Å²) in [6.45, 7) is 0. The zero-order valence-electron chi connectivity index (χ0n) is 9.87. The fourth-order valence-corrected chi connectivity index (χ4v) is 2.82. The van der Waals surface area contributed by atoms with E-state index in [-0.39, 0.29) is 29.7 Å². The average molecular weight is 243 g/mol. The first-order valence-corrected chi connectivity index (χ1v) is 6.18. The van der Waals surface area contributed by atoms with Crippen LogP contribution in [0.5, 0.6) is 0 Å². The number of nitriles is 1. The monoisotopic (exact) mass is 243 g/mol. The van der Waals surface area contributed by atoms with Gasteiger partial charge in [-0.1, -0.05) is 0 Å². The van der Waals surface area contributed by atoms with Gasteiger partial charge >= 0.3 is 0 Å². The molecule has 92 valence electrons.